The lowest BCUT2D eigenvalue weighted by molar-refractivity contribution is -0.148. The van der Waals surface area contributed by atoms with E-state index in [1.165, 1.54) is 13.0 Å². The van der Waals surface area contributed by atoms with E-state index in [1.54, 1.807) is 30.3 Å². The number of nitrogens with one attached hydrogen (secondary N) is 1. The van der Waals surface area contributed by atoms with Crippen molar-refractivity contribution in [3.05, 3.63) is 71.3 Å². The second kappa shape index (κ2) is 9.35. The third kappa shape index (κ3) is 5.82. The summed E-state index contributed by atoms with van der Waals surface area (Å²) >= 11 is 0. The fourth-order valence-corrected chi connectivity index (χ4v) is 2.45. The van der Waals surface area contributed by atoms with Crippen molar-refractivity contribution >= 4 is 23.6 Å². The molecule has 1 atom stereocenters. The number of benzene rings is 2. The van der Waals surface area contributed by atoms with Gasteiger partial charge in [0.1, 0.15) is 0 Å². The maximum atomic E-state index is 12.3. The predicted molar refractivity (Wildman–Crippen MR) is 105 cm³/mol. The molecule has 2 aromatic carbocycles. The fourth-order valence-electron chi connectivity index (χ4n) is 2.45. The van der Waals surface area contributed by atoms with Crippen LogP contribution in [0.4, 0.5) is 5.69 Å². The Kier molecular flexibility index (Phi) is 6.90. The van der Waals surface area contributed by atoms with Gasteiger partial charge < -0.3 is 10.1 Å². The number of nitrogens with zero attached hydrogens (tertiary/aromatic N) is 1. The predicted octanol–water partition coefficient (Wildman–Crippen LogP) is 4.27. The molecule has 0 aromatic heterocycles. The van der Waals surface area contributed by atoms with Crippen molar-refractivity contribution in [2.45, 2.75) is 32.8 Å². The smallest absolute Gasteiger partial charge is 0.331 e. The molecule has 138 valence electrons. The molecule has 5 nitrogen and oxygen atoms in total. The zero-order chi connectivity index (χ0) is 19.8. The van der Waals surface area contributed by atoms with E-state index in [1.807, 2.05) is 44.2 Å². The largest absolute Gasteiger partial charge is 0.449 e. The quantitative estimate of drug-likeness (QED) is 0.615. The van der Waals surface area contributed by atoms with E-state index in [4.69, 9.17) is 10.00 Å². The van der Waals surface area contributed by atoms with E-state index in [0.29, 0.717) is 11.3 Å². The Morgan fingerprint density at radius 2 is 1.74 bits per heavy atom. The summed E-state index contributed by atoms with van der Waals surface area (Å²) in [7, 11) is 0. The van der Waals surface area contributed by atoms with Gasteiger partial charge in [-0.3, -0.25) is 4.79 Å². The van der Waals surface area contributed by atoms with Crippen molar-refractivity contribution in [1.29, 1.82) is 5.26 Å². The summed E-state index contributed by atoms with van der Waals surface area (Å²) in [6.07, 6.45) is 1.90. The number of carbonyl (C=O) groups is 2. The van der Waals surface area contributed by atoms with E-state index in [9.17, 15) is 9.59 Å². The molecule has 5 heteroatoms. The number of carbonyl (C=O) groups excluding carboxylic acids is 2. The van der Waals surface area contributed by atoms with Crippen molar-refractivity contribution in [2.24, 2.45) is 0 Å². The number of ether oxygens (including phenoxy) is 1. The summed E-state index contributed by atoms with van der Waals surface area (Å²) in [4.78, 5) is 24.3. The molecule has 0 heterocycles. The van der Waals surface area contributed by atoms with Gasteiger partial charge >= 0.3 is 5.97 Å². The first kappa shape index (κ1) is 19.9. The molecule has 0 spiro atoms. The summed E-state index contributed by atoms with van der Waals surface area (Å²) < 4.78 is 5.16. The molecule has 0 bridgehead atoms. The number of hydrogen-bond acceptors (Lipinski definition) is 4. The van der Waals surface area contributed by atoms with Crippen LogP contribution in [-0.2, 0) is 14.3 Å². The summed E-state index contributed by atoms with van der Waals surface area (Å²) in [6, 6.07) is 16.3. The van der Waals surface area contributed by atoms with Gasteiger partial charge in [-0.25, -0.2) is 4.79 Å². The van der Waals surface area contributed by atoms with Crippen LogP contribution in [0.25, 0.3) is 6.08 Å². The Hall–Kier alpha value is -3.39. The van der Waals surface area contributed by atoms with Crippen LogP contribution < -0.4 is 5.32 Å². The number of esters is 1. The minimum absolute atomic E-state index is 0.259. The van der Waals surface area contributed by atoms with Crippen LogP contribution in [0.1, 0.15) is 43.4 Å². The minimum Gasteiger partial charge on any atom is -0.449 e. The molecule has 1 amide bonds. The van der Waals surface area contributed by atoms with Gasteiger partial charge in [0, 0.05) is 11.8 Å². The van der Waals surface area contributed by atoms with Gasteiger partial charge in [-0.2, -0.15) is 5.26 Å². The number of nitriles is 1. The van der Waals surface area contributed by atoms with Gasteiger partial charge in [-0.1, -0.05) is 44.2 Å². The molecular formula is C22H22N2O3. The Bertz CT molecular complexity index is 877. The van der Waals surface area contributed by atoms with Crippen LogP contribution in [-0.4, -0.2) is 18.0 Å². The molecule has 0 unspecified atom stereocenters. The van der Waals surface area contributed by atoms with Crippen LogP contribution in [0.15, 0.2) is 54.6 Å². The summed E-state index contributed by atoms with van der Waals surface area (Å²) in [5.74, 6) is -0.739. The highest BCUT2D eigenvalue weighted by Crippen LogP contribution is 2.23. The molecule has 0 saturated carbocycles. The molecule has 27 heavy (non-hydrogen) atoms. The Morgan fingerprint density at radius 3 is 2.37 bits per heavy atom. The SMILES string of the molecule is CC(C)c1ccccc1NC(=O)[C@H](C)OC(=O)/C=C/c1ccc(C#N)cc1. The molecule has 0 aliphatic rings. The van der Waals surface area contributed by atoms with E-state index in [2.05, 4.69) is 5.32 Å². The van der Waals surface area contributed by atoms with E-state index >= 15 is 0 Å². The molecule has 2 rings (SSSR count). The van der Waals surface area contributed by atoms with Gasteiger partial charge in [0.15, 0.2) is 6.10 Å². The second-order valence-electron chi connectivity index (χ2n) is 6.38. The van der Waals surface area contributed by atoms with Gasteiger partial charge in [0.25, 0.3) is 5.91 Å². The van der Waals surface area contributed by atoms with Gasteiger partial charge in [0.2, 0.25) is 0 Å². The molecule has 0 fully saturated rings. The summed E-state index contributed by atoms with van der Waals surface area (Å²) in [6.45, 7) is 5.62. The third-order valence-electron chi connectivity index (χ3n) is 3.95. The average molecular weight is 362 g/mol. The highest BCUT2D eigenvalue weighted by atomic mass is 16.5. The van der Waals surface area contributed by atoms with Crippen molar-refractivity contribution in [3.63, 3.8) is 0 Å². The first-order valence-electron chi connectivity index (χ1n) is 8.69. The van der Waals surface area contributed by atoms with Crippen LogP contribution in [0.3, 0.4) is 0 Å². The Labute approximate surface area is 159 Å². The maximum absolute atomic E-state index is 12.3. The monoisotopic (exact) mass is 362 g/mol. The van der Waals surface area contributed by atoms with E-state index < -0.39 is 12.1 Å². The van der Waals surface area contributed by atoms with Crippen LogP contribution in [0, 0.1) is 11.3 Å². The third-order valence-corrected chi connectivity index (χ3v) is 3.95. The first-order valence-corrected chi connectivity index (χ1v) is 8.69. The van der Waals surface area contributed by atoms with Crippen molar-refractivity contribution in [3.8, 4) is 6.07 Å². The number of anilines is 1. The zero-order valence-corrected chi connectivity index (χ0v) is 15.6. The van der Waals surface area contributed by atoms with E-state index in [-0.39, 0.29) is 11.8 Å². The standard InChI is InChI=1S/C22H22N2O3/c1-15(2)19-6-4-5-7-20(19)24-22(26)16(3)27-21(25)13-12-17-8-10-18(14-23)11-9-17/h4-13,15-16H,1-3H3,(H,24,26)/b13-12+/t16-/m0/s1. The first-order chi connectivity index (χ1) is 12.9. The number of amides is 1. The number of para-hydroxylation sites is 1. The van der Waals surface area contributed by atoms with Crippen molar-refractivity contribution in [1.82, 2.24) is 0 Å². The molecule has 2 aromatic rings. The van der Waals surface area contributed by atoms with Crippen molar-refractivity contribution < 1.29 is 14.3 Å². The lowest BCUT2D eigenvalue weighted by atomic mass is 10.0. The van der Waals surface area contributed by atoms with Gasteiger partial charge in [-0.05, 0) is 48.2 Å². The molecule has 0 aliphatic heterocycles. The molecule has 0 radical (unpaired) electrons. The second-order valence-corrected chi connectivity index (χ2v) is 6.38. The lowest BCUT2D eigenvalue weighted by Crippen LogP contribution is -2.29. The Balaban J connectivity index is 1.94. The lowest BCUT2D eigenvalue weighted by Gasteiger charge is -2.16. The summed E-state index contributed by atoms with van der Waals surface area (Å²) in [5.41, 5.74) is 3.04. The highest BCUT2D eigenvalue weighted by molar-refractivity contribution is 5.97. The molecule has 0 aliphatic carbocycles. The average Bonchev–Trinajstić information content (AvgIpc) is 2.67. The Morgan fingerprint density at radius 1 is 1.07 bits per heavy atom. The number of hydrogen-bond donors (Lipinski definition) is 1. The summed E-state index contributed by atoms with van der Waals surface area (Å²) in [5, 5.41) is 11.6. The van der Waals surface area contributed by atoms with Crippen LogP contribution in [0.2, 0.25) is 0 Å². The minimum atomic E-state index is -0.927. The van der Waals surface area contributed by atoms with Gasteiger partial charge in [0.05, 0.1) is 11.6 Å². The fraction of sp³-hybridized carbons (Fsp3) is 0.227. The highest BCUT2D eigenvalue weighted by Gasteiger charge is 2.18. The zero-order valence-electron chi connectivity index (χ0n) is 15.6. The van der Waals surface area contributed by atoms with Crippen molar-refractivity contribution in [2.75, 3.05) is 5.32 Å². The maximum Gasteiger partial charge on any atom is 0.331 e. The number of rotatable bonds is 6. The normalized spacial score (nSPS) is 11.8. The van der Waals surface area contributed by atoms with Gasteiger partial charge in [-0.15, -0.1) is 0 Å². The van der Waals surface area contributed by atoms with E-state index in [0.717, 1.165) is 11.1 Å². The van der Waals surface area contributed by atoms with Crippen LogP contribution >= 0.6 is 0 Å². The topological polar surface area (TPSA) is 79.2 Å². The molecular weight excluding hydrogens is 340 g/mol. The molecule has 0 saturated heterocycles. The molecule has 1 N–H and O–H groups in total. The van der Waals surface area contributed by atoms with Crippen LogP contribution in [0.5, 0.6) is 0 Å².